The Kier molecular flexibility index (Phi) is 5.79. The monoisotopic (exact) mass is 457 g/mol. The van der Waals surface area contributed by atoms with Gasteiger partial charge in [0, 0.05) is 24.4 Å². The Morgan fingerprint density at radius 3 is 2.37 bits per heavy atom. The summed E-state index contributed by atoms with van der Waals surface area (Å²) in [5, 5.41) is 10.2. The third-order valence-corrected chi connectivity index (χ3v) is 6.42. The van der Waals surface area contributed by atoms with E-state index in [2.05, 4.69) is 74.2 Å². The average molecular weight is 458 g/mol. The first-order valence-corrected chi connectivity index (χ1v) is 11.6. The van der Waals surface area contributed by atoms with E-state index in [1.54, 1.807) is 13.0 Å². The second-order valence-corrected chi connectivity index (χ2v) is 8.65. The number of imidazole rings is 1. The van der Waals surface area contributed by atoms with Crippen molar-refractivity contribution < 1.29 is 5.11 Å². The van der Waals surface area contributed by atoms with Crippen LogP contribution in [0.25, 0.3) is 50.1 Å². The van der Waals surface area contributed by atoms with E-state index in [0.717, 1.165) is 39.0 Å². The van der Waals surface area contributed by atoms with Gasteiger partial charge in [-0.25, -0.2) is 4.98 Å². The van der Waals surface area contributed by atoms with E-state index >= 15 is 0 Å². The van der Waals surface area contributed by atoms with Crippen LogP contribution >= 0.6 is 0 Å². The fraction of sp³-hybridized carbons (Fsp3) is 0.0968. The van der Waals surface area contributed by atoms with Crippen molar-refractivity contribution in [1.29, 1.82) is 0 Å². The van der Waals surface area contributed by atoms with Gasteiger partial charge in [-0.05, 0) is 60.4 Å². The topological polar surface area (TPSA) is 50.9 Å². The maximum Gasteiger partial charge on any atom is 0.144 e. The molecule has 0 amide bonds. The molecule has 0 aliphatic rings. The highest BCUT2D eigenvalue weighted by Crippen LogP contribution is 2.34. The standard InChI is InChI=1S/C31H27N3O/c1-5-29(35)21(3)31-33-30-25(15-10-16-28(30)34(31)4)23-13-9-14-24(17-23)27-18-26(20(2)19-32-27)22-11-7-6-8-12-22/h5-19,35H,3H2,1-2,4H3/b29-5+. The first kappa shape index (κ1) is 22.4. The number of aromatic nitrogens is 3. The number of pyridine rings is 1. The van der Waals surface area contributed by atoms with Gasteiger partial charge >= 0.3 is 0 Å². The zero-order valence-electron chi connectivity index (χ0n) is 20.2. The molecule has 2 heterocycles. The number of rotatable bonds is 5. The van der Waals surface area contributed by atoms with Crippen molar-refractivity contribution in [3.63, 3.8) is 0 Å². The van der Waals surface area contributed by atoms with Crippen LogP contribution in [0.2, 0.25) is 0 Å². The van der Waals surface area contributed by atoms with Crippen molar-refractivity contribution in [3.8, 4) is 33.5 Å². The summed E-state index contributed by atoms with van der Waals surface area (Å²) in [5.74, 6) is 0.776. The Hall–Kier alpha value is -4.44. The summed E-state index contributed by atoms with van der Waals surface area (Å²) in [6, 6.07) is 27.1. The molecule has 172 valence electrons. The number of hydrogen-bond donors (Lipinski definition) is 1. The van der Waals surface area contributed by atoms with Crippen LogP contribution < -0.4 is 0 Å². The lowest BCUT2D eigenvalue weighted by atomic mass is 9.97. The summed E-state index contributed by atoms with van der Waals surface area (Å²) in [4.78, 5) is 9.61. The molecule has 0 fully saturated rings. The number of fused-ring (bicyclic) bond motifs is 1. The SMILES string of the molecule is C=C(/C(O)=C\C)c1nc2c(-c3cccc(-c4cc(-c5ccccc5)c(C)cn4)c3)cccc2n1C. The van der Waals surface area contributed by atoms with E-state index < -0.39 is 0 Å². The van der Waals surface area contributed by atoms with E-state index in [9.17, 15) is 5.11 Å². The molecular formula is C31H27N3O. The summed E-state index contributed by atoms with van der Waals surface area (Å²) in [5.41, 5.74) is 9.91. The quantitative estimate of drug-likeness (QED) is 0.217. The van der Waals surface area contributed by atoms with Gasteiger partial charge in [0.2, 0.25) is 0 Å². The highest BCUT2D eigenvalue weighted by atomic mass is 16.3. The van der Waals surface area contributed by atoms with Gasteiger partial charge in [0.05, 0.1) is 22.3 Å². The smallest absolute Gasteiger partial charge is 0.144 e. The number of para-hydroxylation sites is 1. The predicted octanol–water partition coefficient (Wildman–Crippen LogP) is 7.75. The van der Waals surface area contributed by atoms with Gasteiger partial charge in [-0.15, -0.1) is 0 Å². The minimum Gasteiger partial charge on any atom is -0.508 e. The molecule has 0 bridgehead atoms. The molecule has 4 nitrogen and oxygen atoms in total. The fourth-order valence-electron chi connectivity index (χ4n) is 4.46. The largest absolute Gasteiger partial charge is 0.508 e. The van der Waals surface area contributed by atoms with Crippen LogP contribution in [0.3, 0.4) is 0 Å². The zero-order chi connectivity index (χ0) is 24.5. The summed E-state index contributed by atoms with van der Waals surface area (Å²) in [6.45, 7) is 7.91. The van der Waals surface area contributed by atoms with Gasteiger partial charge in [-0.3, -0.25) is 4.98 Å². The molecule has 1 N–H and O–H groups in total. The number of nitrogens with zero attached hydrogens (tertiary/aromatic N) is 3. The van der Waals surface area contributed by atoms with E-state index in [0.29, 0.717) is 11.4 Å². The predicted molar refractivity (Wildman–Crippen MR) is 145 cm³/mol. The first-order valence-electron chi connectivity index (χ1n) is 11.6. The molecular weight excluding hydrogens is 430 g/mol. The van der Waals surface area contributed by atoms with Gasteiger partial charge in [0.15, 0.2) is 0 Å². The second-order valence-electron chi connectivity index (χ2n) is 8.65. The molecule has 35 heavy (non-hydrogen) atoms. The Morgan fingerprint density at radius 2 is 1.60 bits per heavy atom. The molecule has 3 aromatic carbocycles. The molecule has 5 aromatic rings. The van der Waals surface area contributed by atoms with E-state index in [-0.39, 0.29) is 5.76 Å². The maximum absolute atomic E-state index is 10.2. The molecule has 0 aliphatic carbocycles. The van der Waals surface area contributed by atoms with Gasteiger partial charge in [-0.2, -0.15) is 0 Å². The van der Waals surface area contributed by atoms with Gasteiger partial charge in [0.1, 0.15) is 11.6 Å². The second kappa shape index (κ2) is 9.07. The summed E-state index contributed by atoms with van der Waals surface area (Å²) in [7, 11) is 1.94. The van der Waals surface area contributed by atoms with Crippen molar-refractivity contribution in [2.45, 2.75) is 13.8 Å². The molecule has 0 saturated carbocycles. The Balaban J connectivity index is 1.61. The highest BCUT2D eigenvalue weighted by molar-refractivity contribution is 5.95. The summed E-state index contributed by atoms with van der Waals surface area (Å²) < 4.78 is 1.97. The number of aryl methyl sites for hydroxylation is 2. The van der Waals surface area contributed by atoms with Crippen LogP contribution in [0.15, 0.2) is 103 Å². The van der Waals surface area contributed by atoms with Gasteiger partial charge in [0.25, 0.3) is 0 Å². The van der Waals surface area contributed by atoms with E-state index in [1.807, 2.05) is 36.0 Å². The minimum atomic E-state index is 0.131. The summed E-state index contributed by atoms with van der Waals surface area (Å²) >= 11 is 0. The van der Waals surface area contributed by atoms with Crippen LogP contribution in [0, 0.1) is 6.92 Å². The lowest BCUT2D eigenvalue weighted by molar-refractivity contribution is 0.436. The first-order chi connectivity index (χ1) is 17.0. The molecule has 0 atom stereocenters. The normalized spacial score (nSPS) is 11.7. The fourth-order valence-corrected chi connectivity index (χ4v) is 4.46. The molecule has 5 rings (SSSR count). The number of allylic oxidation sites excluding steroid dienone is 2. The molecule has 0 aliphatic heterocycles. The Labute approximate surface area is 205 Å². The average Bonchev–Trinajstić information content (AvgIpc) is 3.25. The van der Waals surface area contributed by atoms with Crippen LogP contribution in [0.1, 0.15) is 18.3 Å². The van der Waals surface area contributed by atoms with Crippen molar-refractivity contribution in [2.24, 2.45) is 7.05 Å². The van der Waals surface area contributed by atoms with E-state index in [4.69, 9.17) is 9.97 Å². The Morgan fingerprint density at radius 1 is 0.886 bits per heavy atom. The van der Waals surface area contributed by atoms with Crippen molar-refractivity contribution >= 4 is 16.6 Å². The number of benzene rings is 3. The van der Waals surface area contributed by atoms with Crippen LogP contribution in [-0.4, -0.2) is 19.6 Å². The molecule has 4 heteroatoms. The third-order valence-electron chi connectivity index (χ3n) is 6.42. The van der Waals surface area contributed by atoms with Crippen molar-refractivity contribution in [3.05, 3.63) is 115 Å². The lowest BCUT2D eigenvalue weighted by Gasteiger charge is -2.10. The lowest BCUT2D eigenvalue weighted by Crippen LogP contribution is -1.98. The number of hydrogen-bond acceptors (Lipinski definition) is 3. The third kappa shape index (κ3) is 4.04. The number of aliphatic hydroxyl groups excluding tert-OH is 1. The number of aliphatic hydroxyl groups is 1. The Bertz CT molecular complexity index is 1590. The minimum absolute atomic E-state index is 0.131. The molecule has 0 saturated heterocycles. The maximum atomic E-state index is 10.2. The summed E-state index contributed by atoms with van der Waals surface area (Å²) in [6.07, 6.45) is 3.57. The van der Waals surface area contributed by atoms with Gasteiger partial charge < -0.3 is 9.67 Å². The zero-order valence-corrected chi connectivity index (χ0v) is 20.2. The molecule has 0 unspecified atom stereocenters. The molecule has 0 spiro atoms. The van der Waals surface area contributed by atoms with Crippen LogP contribution in [0.5, 0.6) is 0 Å². The van der Waals surface area contributed by atoms with Crippen molar-refractivity contribution in [1.82, 2.24) is 14.5 Å². The van der Waals surface area contributed by atoms with Crippen LogP contribution in [-0.2, 0) is 7.05 Å². The highest BCUT2D eigenvalue weighted by Gasteiger charge is 2.16. The molecule has 2 aromatic heterocycles. The van der Waals surface area contributed by atoms with Crippen molar-refractivity contribution in [2.75, 3.05) is 0 Å². The van der Waals surface area contributed by atoms with E-state index in [1.165, 1.54) is 11.1 Å². The molecule has 0 radical (unpaired) electrons. The van der Waals surface area contributed by atoms with Gasteiger partial charge in [-0.1, -0.05) is 67.2 Å². The van der Waals surface area contributed by atoms with Crippen LogP contribution in [0.4, 0.5) is 0 Å².